The van der Waals surface area contributed by atoms with Gasteiger partial charge >= 0.3 is 0 Å². The highest BCUT2D eigenvalue weighted by Crippen LogP contribution is 2.41. The van der Waals surface area contributed by atoms with E-state index in [9.17, 15) is 13.5 Å². The molecule has 2 heterocycles. The molecule has 10 heteroatoms. The largest absolute Gasteiger partial charge is 0.493 e. The van der Waals surface area contributed by atoms with Crippen LogP contribution in [0.1, 0.15) is 31.0 Å². The zero-order valence-electron chi connectivity index (χ0n) is 18.9. The molecule has 3 rings (SSSR count). The number of methoxy groups -OCH3 is 1. The van der Waals surface area contributed by atoms with Crippen LogP contribution in [0.25, 0.3) is 0 Å². The molecule has 3 aromatic rings. The number of aryl methyl sites for hydroxylation is 1. The van der Waals surface area contributed by atoms with E-state index in [1.165, 1.54) is 19.2 Å². The fourth-order valence-corrected chi connectivity index (χ4v) is 3.93. The van der Waals surface area contributed by atoms with Gasteiger partial charge in [0.2, 0.25) is 5.75 Å². The molecule has 2 aromatic heterocycles. The summed E-state index contributed by atoms with van der Waals surface area (Å²) in [6.45, 7) is 5.38. The van der Waals surface area contributed by atoms with Gasteiger partial charge in [-0.2, -0.15) is 8.42 Å². The van der Waals surface area contributed by atoms with E-state index >= 15 is 0 Å². The minimum Gasteiger partial charge on any atom is -0.493 e. The third-order valence-electron chi connectivity index (χ3n) is 4.63. The highest BCUT2D eigenvalue weighted by molar-refractivity contribution is 7.92. The molecule has 1 aromatic carbocycles. The second-order valence-corrected chi connectivity index (χ2v) is 9.09. The molecule has 0 spiro atoms. The number of rotatable bonds is 10. The molecule has 0 saturated heterocycles. The first-order valence-electron chi connectivity index (χ1n) is 10.3. The topological polar surface area (TPSA) is 120 Å². The third kappa shape index (κ3) is 5.91. The van der Waals surface area contributed by atoms with Gasteiger partial charge < -0.3 is 19.3 Å². The van der Waals surface area contributed by atoms with E-state index in [-0.39, 0.29) is 41.5 Å². The number of pyridine rings is 2. The number of aromatic nitrogens is 2. The maximum absolute atomic E-state index is 13.1. The third-order valence-corrected chi connectivity index (χ3v) is 5.91. The van der Waals surface area contributed by atoms with Crippen LogP contribution in [0.2, 0.25) is 0 Å². The average Bonchev–Trinajstić information content (AvgIpc) is 2.79. The van der Waals surface area contributed by atoms with Crippen molar-refractivity contribution in [3.63, 3.8) is 0 Å². The van der Waals surface area contributed by atoms with Crippen LogP contribution in [-0.2, 0) is 10.0 Å². The van der Waals surface area contributed by atoms with Crippen LogP contribution < -0.4 is 18.9 Å². The Morgan fingerprint density at radius 2 is 1.85 bits per heavy atom. The van der Waals surface area contributed by atoms with E-state index in [0.717, 1.165) is 5.56 Å². The fraction of sp³-hybridized carbons (Fsp3) is 0.304. The number of nitrogens with zero attached hydrogens (tertiary/aromatic N) is 2. The molecule has 9 nitrogen and oxygen atoms in total. The minimum absolute atomic E-state index is 0.0239. The van der Waals surface area contributed by atoms with Crippen LogP contribution in [0, 0.1) is 6.92 Å². The van der Waals surface area contributed by atoms with Crippen LogP contribution in [0.5, 0.6) is 23.1 Å². The second-order valence-electron chi connectivity index (χ2n) is 7.46. The Bertz CT molecular complexity index is 1200. The summed E-state index contributed by atoms with van der Waals surface area (Å²) in [4.78, 5) is 8.42. The first kappa shape index (κ1) is 24.3. The lowest BCUT2D eigenvalue weighted by Gasteiger charge is -2.18. The Balaban J connectivity index is 2.05. The minimum atomic E-state index is -4.05. The number of para-hydroxylation sites is 2. The molecule has 176 valence electrons. The van der Waals surface area contributed by atoms with Gasteiger partial charge in [0.15, 0.2) is 16.5 Å². The summed E-state index contributed by atoms with van der Waals surface area (Å²) in [6, 6.07) is 11.6. The molecule has 0 amide bonds. The smallest absolute Gasteiger partial charge is 0.279 e. The number of ether oxygens (including phenoxy) is 3. The van der Waals surface area contributed by atoms with E-state index in [1.807, 2.05) is 13.8 Å². The molecular formula is C23H27N3O6S. The lowest BCUT2D eigenvalue weighted by atomic mass is 10.1. The van der Waals surface area contributed by atoms with Crippen molar-refractivity contribution in [2.45, 2.75) is 31.7 Å². The Morgan fingerprint density at radius 1 is 1.12 bits per heavy atom. The van der Waals surface area contributed by atoms with Gasteiger partial charge in [0.05, 0.1) is 19.4 Å². The molecule has 0 saturated carbocycles. The van der Waals surface area contributed by atoms with Crippen molar-refractivity contribution in [2.24, 2.45) is 0 Å². The standard InChI is InChI=1S/C23H27N3O6S/c1-15(2)17-9-10-21(24-14-17)33(28,29)26-18-13-16(3)25-23(31-12-11-27)22(18)32-20-8-6-5-7-19(20)30-4/h5-10,13-15,27H,11-12H2,1-4H3,(H,25,26). The fourth-order valence-electron chi connectivity index (χ4n) is 2.95. The van der Waals surface area contributed by atoms with Crippen molar-refractivity contribution in [1.82, 2.24) is 9.97 Å². The van der Waals surface area contributed by atoms with Gasteiger partial charge in [-0.3, -0.25) is 4.72 Å². The van der Waals surface area contributed by atoms with Crippen LogP contribution in [-0.4, -0.2) is 43.8 Å². The molecule has 2 N–H and O–H groups in total. The first-order chi connectivity index (χ1) is 15.7. The average molecular weight is 474 g/mol. The molecule has 0 atom stereocenters. The van der Waals surface area contributed by atoms with Gasteiger partial charge in [0.25, 0.3) is 15.9 Å². The number of aliphatic hydroxyl groups is 1. The van der Waals surface area contributed by atoms with Crippen molar-refractivity contribution in [3.05, 3.63) is 59.9 Å². The van der Waals surface area contributed by atoms with Crippen LogP contribution in [0.15, 0.2) is 53.7 Å². The number of aliphatic hydroxyl groups excluding tert-OH is 1. The summed E-state index contributed by atoms with van der Waals surface area (Å²) >= 11 is 0. The summed E-state index contributed by atoms with van der Waals surface area (Å²) in [5.41, 5.74) is 1.51. The Hall–Kier alpha value is -3.37. The molecule has 0 aliphatic heterocycles. The van der Waals surface area contributed by atoms with Gasteiger partial charge in [0, 0.05) is 11.9 Å². The summed E-state index contributed by atoms with van der Waals surface area (Å²) in [7, 11) is -2.55. The normalized spacial score (nSPS) is 11.3. The first-order valence-corrected chi connectivity index (χ1v) is 11.8. The van der Waals surface area contributed by atoms with Crippen molar-refractivity contribution in [3.8, 4) is 23.1 Å². The Labute approximate surface area is 193 Å². The molecule has 0 aliphatic carbocycles. The summed E-state index contributed by atoms with van der Waals surface area (Å²) in [6.07, 6.45) is 1.54. The number of anilines is 1. The zero-order chi connectivity index (χ0) is 24.0. The summed E-state index contributed by atoms with van der Waals surface area (Å²) in [5.74, 6) is 1.04. The van der Waals surface area contributed by atoms with Crippen molar-refractivity contribution < 1.29 is 27.7 Å². The quantitative estimate of drug-likeness (QED) is 0.455. The molecule has 33 heavy (non-hydrogen) atoms. The lowest BCUT2D eigenvalue weighted by Crippen LogP contribution is -2.16. The Kier molecular flexibility index (Phi) is 7.72. The number of nitrogens with one attached hydrogen (secondary N) is 1. The zero-order valence-corrected chi connectivity index (χ0v) is 19.7. The molecular weight excluding hydrogens is 446 g/mol. The lowest BCUT2D eigenvalue weighted by molar-refractivity contribution is 0.192. The number of hydrogen-bond donors (Lipinski definition) is 2. The maximum Gasteiger partial charge on any atom is 0.279 e. The van der Waals surface area contributed by atoms with Crippen molar-refractivity contribution in [1.29, 1.82) is 0 Å². The van der Waals surface area contributed by atoms with Gasteiger partial charge in [-0.1, -0.05) is 32.0 Å². The maximum atomic E-state index is 13.1. The van der Waals surface area contributed by atoms with Crippen molar-refractivity contribution >= 4 is 15.7 Å². The highest BCUT2D eigenvalue weighted by atomic mass is 32.2. The van der Waals surface area contributed by atoms with Gasteiger partial charge in [-0.05, 0) is 42.7 Å². The Morgan fingerprint density at radius 3 is 2.45 bits per heavy atom. The van der Waals surface area contributed by atoms with E-state index in [1.54, 1.807) is 43.5 Å². The monoisotopic (exact) mass is 473 g/mol. The molecule has 0 unspecified atom stereocenters. The summed E-state index contributed by atoms with van der Waals surface area (Å²) < 4.78 is 45.6. The van der Waals surface area contributed by atoms with Crippen molar-refractivity contribution in [2.75, 3.05) is 25.0 Å². The van der Waals surface area contributed by atoms with Gasteiger partial charge in [-0.15, -0.1) is 0 Å². The van der Waals surface area contributed by atoms with E-state index in [4.69, 9.17) is 14.2 Å². The number of sulfonamides is 1. The predicted octanol–water partition coefficient (Wildman–Crippen LogP) is 3.88. The molecule has 0 radical (unpaired) electrons. The molecule has 0 bridgehead atoms. The SMILES string of the molecule is COc1ccccc1Oc1c(NS(=O)(=O)c2ccc(C(C)C)cn2)cc(C)nc1OCCO. The van der Waals surface area contributed by atoms with Gasteiger partial charge in [-0.25, -0.2) is 9.97 Å². The van der Waals surface area contributed by atoms with E-state index < -0.39 is 10.0 Å². The van der Waals surface area contributed by atoms with E-state index in [2.05, 4.69) is 14.7 Å². The van der Waals surface area contributed by atoms with Gasteiger partial charge in [0.1, 0.15) is 6.61 Å². The van der Waals surface area contributed by atoms with Crippen LogP contribution in [0.3, 0.4) is 0 Å². The van der Waals surface area contributed by atoms with Crippen LogP contribution in [0.4, 0.5) is 5.69 Å². The number of hydrogen-bond acceptors (Lipinski definition) is 8. The predicted molar refractivity (Wildman–Crippen MR) is 124 cm³/mol. The van der Waals surface area contributed by atoms with E-state index in [0.29, 0.717) is 17.2 Å². The summed E-state index contributed by atoms with van der Waals surface area (Å²) in [5, 5.41) is 9.06. The number of benzene rings is 1. The molecule has 0 aliphatic rings. The second kappa shape index (κ2) is 10.5. The highest BCUT2D eigenvalue weighted by Gasteiger charge is 2.23. The molecule has 0 fully saturated rings. The van der Waals surface area contributed by atoms with Crippen LogP contribution >= 0.6 is 0 Å².